The Morgan fingerprint density at radius 2 is 1.62 bits per heavy atom. The number of H-pyrrole nitrogens is 1. The second-order valence-corrected chi connectivity index (χ2v) is 8.18. The summed E-state index contributed by atoms with van der Waals surface area (Å²) in [6.45, 7) is 3.89. The van der Waals surface area contributed by atoms with E-state index in [4.69, 9.17) is 9.47 Å². The number of benzene rings is 3. The van der Waals surface area contributed by atoms with Gasteiger partial charge in [0, 0.05) is 41.8 Å². The van der Waals surface area contributed by atoms with Gasteiger partial charge < -0.3 is 19.8 Å². The fourth-order valence-electron chi connectivity index (χ4n) is 3.70. The first kappa shape index (κ1) is 23.0. The van der Waals surface area contributed by atoms with Gasteiger partial charge in [0.1, 0.15) is 5.82 Å². The number of nitrogens with zero attached hydrogens (tertiary/aromatic N) is 1. The quantitative estimate of drug-likeness (QED) is 0.343. The summed E-state index contributed by atoms with van der Waals surface area (Å²) in [5.74, 6) is 1.62. The number of rotatable bonds is 8. The van der Waals surface area contributed by atoms with Gasteiger partial charge in [-0.3, -0.25) is 9.59 Å². The lowest BCUT2D eigenvalue weighted by Crippen LogP contribution is -2.14. The molecule has 0 unspecified atom stereocenters. The third kappa shape index (κ3) is 4.93. The van der Waals surface area contributed by atoms with Crippen molar-refractivity contribution in [3.05, 3.63) is 71.3 Å². The van der Waals surface area contributed by atoms with Crippen molar-refractivity contribution in [1.29, 1.82) is 0 Å². The first-order valence-corrected chi connectivity index (χ1v) is 11.0. The van der Waals surface area contributed by atoms with Crippen molar-refractivity contribution in [2.45, 2.75) is 26.7 Å². The molecular formula is C27H27N3O4. The molecule has 0 aliphatic rings. The molecular weight excluding hydrogens is 430 g/mol. The fraction of sp³-hybridized carbons (Fsp3) is 0.222. The predicted octanol–water partition coefficient (Wildman–Crippen LogP) is 5.47. The molecule has 4 rings (SSSR count). The van der Waals surface area contributed by atoms with Crippen molar-refractivity contribution in [2.75, 3.05) is 19.5 Å². The first-order chi connectivity index (χ1) is 16.4. The molecule has 0 atom stereocenters. The molecule has 0 fully saturated rings. The number of Topliss-reactive ketones (excluding diaryl/α,β-unsaturated/α-hetero) is 1. The van der Waals surface area contributed by atoms with Crippen LogP contribution in [0.25, 0.3) is 22.4 Å². The Balaban J connectivity index is 1.49. The molecule has 0 radical (unpaired) electrons. The molecule has 0 bridgehead atoms. The molecule has 0 saturated heterocycles. The van der Waals surface area contributed by atoms with Gasteiger partial charge >= 0.3 is 0 Å². The molecule has 0 aliphatic carbocycles. The molecule has 1 aromatic heterocycles. The molecule has 7 heteroatoms. The maximum Gasteiger partial charge on any atom is 0.224 e. The van der Waals surface area contributed by atoms with Crippen LogP contribution >= 0.6 is 0 Å². The van der Waals surface area contributed by atoms with E-state index in [0.29, 0.717) is 28.6 Å². The maximum absolute atomic E-state index is 12.6. The van der Waals surface area contributed by atoms with E-state index in [9.17, 15) is 9.59 Å². The van der Waals surface area contributed by atoms with Gasteiger partial charge in [0.2, 0.25) is 5.91 Å². The molecule has 1 heterocycles. The smallest absolute Gasteiger partial charge is 0.224 e. The minimum absolute atomic E-state index is 0.0474. The van der Waals surface area contributed by atoms with Crippen LogP contribution in [0.5, 0.6) is 11.5 Å². The number of ether oxygens (including phenoxy) is 2. The standard InChI is InChI=1S/C27H27N3O4/c1-16-5-8-18(9-6-16)23(31)11-12-26(32)28-20-13-19(10-7-17(20)2)27-29-21-14-24(33-3)25(34-4)15-22(21)30-27/h5-10,13-15H,11-12H2,1-4H3,(H,28,32)(H,29,30). The number of carbonyl (C=O) groups is 2. The van der Waals surface area contributed by atoms with Crippen LogP contribution in [0.3, 0.4) is 0 Å². The number of carbonyl (C=O) groups excluding carboxylic acids is 2. The van der Waals surface area contributed by atoms with Crippen LogP contribution in [-0.4, -0.2) is 35.9 Å². The van der Waals surface area contributed by atoms with E-state index in [2.05, 4.69) is 15.3 Å². The summed E-state index contributed by atoms with van der Waals surface area (Å²) in [5, 5.41) is 2.93. The zero-order chi connectivity index (χ0) is 24.2. The Labute approximate surface area is 198 Å². The van der Waals surface area contributed by atoms with Crippen LogP contribution < -0.4 is 14.8 Å². The highest BCUT2D eigenvalue weighted by molar-refractivity contribution is 6.00. The molecule has 4 aromatic rings. The molecule has 7 nitrogen and oxygen atoms in total. The highest BCUT2D eigenvalue weighted by Crippen LogP contribution is 2.33. The highest BCUT2D eigenvalue weighted by atomic mass is 16.5. The lowest BCUT2D eigenvalue weighted by Gasteiger charge is -2.10. The lowest BCUT2D eigenvalue weighted by molar-refractivity contribution is -0.116. The predicted molar refractivity (Wildman–Crippen MR) is 133 cm³/mol. The molecule has 0 aliphatic heterocycles. The van der Waals surface area contributed by atoms with Crippen molar-refractivity contribution >= 4 is 28.4 Å². The van der Waals surface area contributed by atoms with Crippen molar-refractivity contribution < 1.29 is 19.1 Å². The maximum atomic E-state index is 12.6. The number of methoxy groups -OCH3 is 2. The zero-order valence-corrected chi connectivity index (χ0v) is 19.7. The van der Waals surface area contributed by atoms with Crippen LogP contribution in [0.1, 0.15) is 34.3 Å². The van der Waals surface area contributed by atoms with Gasteiger partial charge in [-0.15, -0.1) is 0 Å². The van der Waals surface area contributed by atoms with E-state index in [-0.39, 0.29) is 24.5 Å². The van der Waals surface area contributed by atoms with E-state index in [1.54, 1.807) is 26.4 Å². The minimum atomic E-state index is -0.209. The van der Waals surface area contributed by atoms with Gasteiger partial charge in [-0.05, 0) is 25.5 Å². The second-order valence-electron chi connectivity index (χ2n) is 8.18. The fourth-order valence-corrected chi connectivity index (χ4v) is 3.70. The van der Waals surface area contributed by atoms with Crippen LogP contribution in [0, 0.1) is 13.8 Å². The summed E-state index contributed by atoms with van der Waals surface area (Å²) >= 11 is 0. The van der Waals surface area contributed by atoms with E-state index in [0.717, 1.165) is 27.7 Å². The largest absolute Gasteiger partial charge is 0.493 e. The zero-order valence-electron chi connectivity index (χ0n) is 19.7. The van der Waals surface area contributed by atoms with Crippen molar-refractivity contribution in [2.24, 2.45) is 0 Å². The van der Waals surface area contributed by atoms with Gasteiger partial charge in [0.15, 0.2) is 17.3 Å². The number of ketones is 1. The van der Waals surface area contributed by atoms with Gasteiger partial charge in [-0.25, -0.2) is 4.98 Å². The van der Waals surface area contributed by atoms with Gasteiger partial charge in [-0.1, -0.05) is 42.0 Å². The molecule has 3 aromatic carbocycles. The number of aromatic nitrogens is 2. The van der Waals surface area contributed by atoms with E-state index in [1.807, 2.05) is 56.3 Å². The van der Waals surface area contributed by atoms with E-state index in [1.165, 1.54) is 0 Å². The Kier molecular flexibility index (Phi) is 6.63. The third-order valence-electron chi connectivity index (χ3n) is 5.72. The Hall–Kier alpha value is -4.13. The Bertz CT molecular complexity index is 1320. The summed E-state index contributed by atoms with van der Waals surface area (Å²) in [4.78, 5) is 32.9. The van der Waals surface area contributed by atoms with Crippen molar-refractivity contribution in [3.8, 4) is 22.9 Å². The molecule has 174 valence electrons. The summed E-state index contributed by atoms with van der Waals surface area (Å²) in [6, 6.07) is 16.8. The molecule has 34 heavy (non-hydrogen) atoms. The van der Waals surface area contributed by atoms with E-state index >= 15 is 0 Å². The van der Waals surface area contributed by atoms with Crippen molar-refractivity contribution in [3.63, 3.8) is 0 Å². The monoisotopic (exact) mass is 457 g/mol. The number of fused-ring (bicyclic) bond motifs is 1. The average Bonchev–Trinajstić information content (AvgIpc) is 3.26. The van der Waals surface area contributed by atoms with Gasteiger partial charge in [-0.2, -0.15) is 0 Å². The summed E-state index contributed by atoms with van der Waals surface area (Å²) < 4.78 is 10.7. The van der Waals surface area contributed by atoms with Crippen LogP contribution in [0.4, 0.5) is 5.69 Å². The number of aromatic amines is 1. The van der Waals surface area contributed by atoms with Crippen LogP contribution in [-0.2, 0) is 4.79 Å². The lowest BCUT2D eigenvalue weighted by atomic mass is 10.0. The Morgan fingerprint density at radius 3 is 2.32 bits per heavy atom. The molecule has 0 spiro atoms. The summed E-state index contributed by atoms with van der Waals surface area (Å²) in [7, 11) is 3.17. The number of aryl methyl sites for hydroxylation is 2. The van der Waals surface area contributed by atoms with Crippen molar-refractivity contribution in [1.82, 2.24) is 9.97 Å². The summed E-state index contributed by atoms with van der Waals surface area (Å²) in [6.07, 6.45) is 0.265. The SMILES string of the molecule is COc1cc2nc(-c3ccc(C)c(NC(=O)CCC(=O)c4ccc(C)cc4)c3)[nH]c2cc1OC. The van der Waals surface area contributed by atoms with Gasteiger partial charge in [0.25, 0.3) is 0 Å². The topological polar surface area (TPSA) is 93.3 Å². The number of hydrogen-bond acceptors (Lipinski definition) is 5. The van der Waals surface area contributed by atoms with E-state index < -0.39 is 0 Å². The number of imidazole rings is 1. The Morgan fingerprint density at radius 1 is 0.912 bits per heavy atom. The van der Waals surface area contributed by atoms with Crippen LogP contribution in [0.2, 0.25) is 0 Å². The number of nitrogens with one attached hydrogen (secondary N) is 2. The average molecular weight is 458 g/mol. The molecule has 2 N–H and O–H groups in total. The number of amides is 1. The number of hydrogen-bond donors (Lipinski definition) is 2. The second kappa shape index (κ2) is 9.79. The molecule has 1 amide bonds. The first-order valence-electron chi connectivity index (χ1n) is 11.0. The minimum Gasteiger partial charge on any atom is -0.493 e. The highest BCUT2D eigenvalue weighted by Gasteiger charge is 2.14. The third-order valence-corrected chi connectivity index (χ3v) is 5.72. The van der Waals surface area contributed by atoms with Crippen LogP contribution in [0.15, 0.2) is 54.6 Å². The van der Waals surface area contributed by atoms with Gasteiger partial charge in [0.05, 0.1) is 25.3 Å². The molecule has 0 saturated carbocycles. The number of anilines is 1. The summed E-state index contributed by atoms with van der Waals surface area (Å²) in [5.41, 5.74) is 5.69. The normalized spacial score (nSPS) is 10.8.